The first-order valence-electron chi connectivity index (χ1n) is 6.68. The van der Waals surface area contributed by atoms with Crippen molar-refractivity contribution in [2.24, 2.45) is 0 Å². The van der Waals surface area contributed by atoms with Crippen LogP contribution in [0.1, 0.15) is 27.8 Å². The highest BCUT2D eigenvalue weighted by Crippen LogP contribution is 2.26. The first-order valence-corrected chi connectivity index (χ1v) is 7.49. The highest BCUT2D eigenvalue weighted by atomic mass is 32.1. The van der Waals surface area contributed by atoms with E-state index in [1.807, 2.05) is 18.4 Å². The van der Waals surface area contributed by atoms with Crippen molar-refractivity contribution in [1.82, 2.24) is 5.32 Å². The van der Waals surface area contributed by atoms with Gasteiger partial charge in [0.2, 0.25) is 0 Å². The van der Waals surface area contributed by atoms with E-state index >= 15 is 0 Å². The van der Waals surface area contributed by atoms with Gasteiger partial charge in [0.25, 0.3) is 0 Å². The number of benzene rings is 1. The fraction of sp³-hybridized carbons (Fsp3) is 0.375. The molecule has 2 rings (SSSR count). The molecule has 0 aliphatic rings. The molecule has 0 aliphatic heterocycles. The Morgan fingerprint density at radius 2 is 1.95 bits per heavy atom. The van der Waals surface area contributed by atoms with Gasteiger partial charge in [0.05, 0.1) is 0 Å². The van der Waals surface area contributed by atoms with Gasteiger partial charge in [-0.1, -0.05) is 25.1 Å². The molecule has 1 heterocycles. The zero-order chi connectivity index (χ0) is 13.7. The predicted octanol–water partition coefficient (Wildman–Crippen LogP) is 3.92. The van der Waals surface area contributed by atoms with E-state index in [0.29, 0.717) is 6.61 Å². The van der Waals surface area contributed by atoms with Crippen molar-refractivity contribution in [3.05, 3.63) is 51.2 Å². The maximum absolute atomic E-state index is 6.03. The number of para-hydroxylation sites is 1. The highest BCUT2D eigenvalue weighted by Gasteiger charge is 2.07. The Morgan fingerprint density at radius 1 is 1.16 bits per heavy atom. The van der Waals surface area contributed by atoms with E-state index in [9.17, 15) is 0 Å². The number of thiophene rings is 1. The van der Waals surface area contributed by atoms with Crippen molar-refractivity contribution in [3.63, 3.8) is 0 Å². The molecule has 1 N–H and O–H groups in total. The van der Waals surface area contributed by atoms with E-state index < -0.39 is 0 Å². The van der Waals surface area contributed by atoms with Crippen LogP contribution in [0.25, 0.3) is 0 Å². The molecule has 2 aromatic rings. The summed E-state index contributed by atoms with van der Waals surface area (Å²) in [6.07, 6.45) is 1.10. The molecule has 0 radical (unpaired) electrons. The quantitative estimate of drug-likeness (QED) is 0.863. The fourth-order valence-corrected chi connectivity index (χ4v) is 2.95. The lowest BCUT2D eigenvalue weighted by Crippen LogP contribution is -2.08. The average Bonchev–Trinajstić information content (AvgIpc) is 2.86. The monoisotopic (exact) mass is 275 g/mol. The van der Waals surface area contributed by atoms with Crippen molar-refractivity contribution in [3.8, 4) is 5.75 Å². The van der Waals surface area contributed by atoms with Crippen LogP contribution in [0.15, 0.2) is 30.3 Å². The molecule has 0 aliphatic carbocycles. The van der Waals surface area contributed by atoms with Crippen LogP contribution in [0.5, 0.6) is 5.75 Å². The minimum atomic E-state index is 0.659. The molecule has 19 heavy (non-hydrogen) atoms. The second-order valence-corrected chi connectivity index (χ2v) is 5.86. The number of ether oxygens (including phenoxy) is 1. The normalized spacial score (nSPS) is 10.7. The SMILES string of the molecule is CCc1ccc(COc2c(C)cccc2CNC)s1. The molecule has 1 aromatic heterocycles. The van der Waals surface area contributed by atoms with Crippen LogP contribution in [0.2, 0.25) is 0 Å². The Balaban J connectivity index is 2.09. The van der Waals surface area contributed by atoms with E-state index in [-0.39, 0.29) is 0 Å². The van der Waals surface area contributed by atoms with Crippen LogP contribution >= 0.6 is 11.3 Å². The number of hydrogen-bond donors (Lipinski definition) is 1. The van der Waals surface area contributed by atoms with Gasteiger partial charge < -0.3 is 10.1 Å². The van der Waals surface area contributed by atoms with Crippen molar-refractivity contribution < 1.29 is 4.74 Å². The average molecular weight is 275 g/mol. The summed E-state index contributed by atoms with van der Waals surface area (Å²) < 4.78 is 6.03. The minimum absolute atomic E-state index is 0.659. The molecule has 2 nitrogen and oxygen atoms in total. The third-order valence-corrected chi connectivity index (χ3v) is 4.29. The summed E-state index contributed by atoms with van der Waals surface area (Å²) in [5, 5.41) is 3.19. The molecular formula is C16H21NOS. The number of rotatable bonds is 6. The van der Waals surface area contributed by atoms with Gasteiger partial charge in [-0.3, -0.25) is 0 Å². The molecule has 0 amide bonds. The van der Waals surface area contributed by atoms with Crippen LogP contribution < -0.4 is 10.1 Å². The molecule has 0 unspecified atom stereocenters. The predicted molar refractivity (Wildman–Crippen MR) is 82.0 cm³/mol. The molecule has 3 heteroatoms. The number of hydrogen-bond acceptors (Lipinski definition) is 3. The lowest BCUT2D eigenvalue weighted by atomic mass is 10.1. The van der Waals surface area contributed by atoms with Crippen LogP contribution in [0.4, 0.5) is 0 Å². The van der Waals surface area contributed by atoms with Gasteiger partial charge >= 0.3 is 0 Å². The Morgan fingerprint density at radius 3 is 2.63 bits per heavy atom. The largest absolute Gasteiger partial charge is 0.487 e. The van der Waals surface area contributed by atoms with Crippen molar-refractivity contribution in [2.75, 3.05) is 7.05 Å². The molecule has 102 valence electrons. The van der Waals surface area contributed by atoms with E-state index in [2.05, 4.69) is 49.5 Å². The lowest BCUT2D eigenvalue weighted by molar-refractivity contribution is 0.303. The Hall–Kier alpha value is -1.32. The summed E-state index contributed by atoms with van der Waals surface area (Å²) in [4.78, 5) is 2.70. The summed E-state index contributed by atoms with van der Waals surface area (Å²) in [6, 6.07) is 10.6. The van der Waals surface area contributed by atoms with Crippen molar-refractivity contribution in [1.29, 1.82) is 0 Å². The Labute approximate surface area is 119 Å². The highest BCUT2D eigenvalue weighted by molar-refractivity contribution is 7.11. The van der Waals surface area contributed by atoms with Gasteiger partial charge in [-0.15, -0.1) is 11.3 Å². The molecule has 0 atom stereocenters. The second kappa shape index (κ2) is 6.73. The van der Waals surface area contributed by atoms with Crippen LogP contribution in [0.3, 0.4) is 0 Å². The molecule has 0 bridgehead atoms. The van der Waals surface area contributed by atoms with Gasteiger partial charge in [-0.05, 0) is 38.1 Å². The van der Waals surface area contributed by atoms with Crippen LogP contribution in [0, 0.1) is 6.92 Å². The van der Waals surface area contributed by atoms with E-state index in [1.165, 1.54) is 20.9 Å². The third-order valence-electron chi connectivity index (χ3n) is 3.09. The zero-order valence-corrected chi connectivity index (χ0v) is 12.6. The third kappa shape index (κ3) is 3.58. The van der Waals surface area contributed by atoms with Gasteiger partial charge in [0, 0.05) is 21.9 Å². The van der Waals surface area contributed by atoms with Crippen LogP contribution in [-0.4, -0.2) is 7.05 Å². The van der Waals surface area contributed by atoms with Gasteiger partial charge in [0.15, 0.2) is 0 Å². The molecule has 0 fully saturated rings. The second-order valence-electron chi connectivity index (χ2n) is 4.60. The summed E-state index contributed by atoms with van der Waals surface area (Å²) >= 11 is 1.84. The van der Waals surface area contributed by atoms with E-state index in [0.717, 1.165) is 18.7 Å². The van der Waals surface area contributed by atoms with Crippen molar-refractivity contribution >= 4 is 11.3 Å². The lowest BCUT2D eigenvalue weighted by Gasteiger charge is -2.13. The van der Waals surface area contributed by atoms with Crippen LogP contribution in [-0.2, 0) is 19.6 Å². The summed E-state index contributed by atoms with van der Waals surface area (Å²) in [5.74, 6) is 1.02. The number of aryl methyl sites for hydroxylation is 2. The molecule has 0 spiro atoms. The van der Waals surface area contributed by atoms with Crippen molar-refractivity contribution in [2.45, 2.75) is 33.4 Å². The Kier molecular flexibility index (Phi) is 5.00. The summed E-state index contributed by atoms with van der Waals surface area (Å²) in [6.45, 7) is 5.77. The standard InChI is InChI=1S/C16H21NOS/c1-4-14-8-9-15(19-14)11-18-16-12(2)6-5-7-13(16)10-17-3/h5-9,17H,4,10-11H2,1-3H3. The zero-order valence-electron chi connectivity index (χ0n) is 11.8. The first kappa shape index (κ1) is 14.1. The maximum Gasteiger partial charge on any atom is 0.127 e. The van der Waals surface area contributed by atoms with Gasteiger partial charge in [-0.25, -0.2) is 0 Å². The van der Waals surface area contributed by atoms with E-state index in [1.54, 1.807) is 0 Å². The molecule has 0 saturated heterocycles. The molecular weight excluding hydrogens is 254 g/mol. The fourth-order valence-electron chi connectivity index (χ4n) is 2.08. The van der Waals surface area contributed by atoms with Gasteiger partial charge in [-0.2, -0.15) is 0 Å². The first-order chi connectivity index (χ1) is 9.24. The number of nitrogens with one attached hydrogen (secondary N) is 1. The maximum atomic E-state index is 6.03. The smallest absolute Gasteiger partial charge is 0.127 e. The molecule has 1 aromatic carbocycles. The summed E-state index contributed by atoms with van der Waals surface area (Å²) in [5.41, 5.74) is 2.41. The minimum Gasteiger partial charge on any atom is -0.487 e. The topological polar surface area (TPSA) is 21.3 Å². The van der Waals surface area contributed by atoms with Gasteiger partial charge in [0.1, 0.15) is 12.4 Å². The summed E-state index contributed by atoms with van der Waals surface area (Å²) in [7, 11) is 1.96. The Bertz CT molecular complexity index is 533. The molecule has 0 saturated carbocycles. The van der Waals surface area contributed by atoms with E-state index in [4.69, 9.17) is 4.74 Å².